The largest absolute Gasteiger partial charge is 0.490 e. The Morgan fingerprint density at radius 1 is 1.08 bits per heavy atom. The molecule has 3 aromatic carbocycles. The van der Waals surface area contributed by atoms with E-state index in [0.717, 1.165) is 32.0 Å². The number of halogens is 1. The maximum absolute atomic E-state index is 13.0. The van der Waals surface area contributed by atoms with Crippen LogP contribution in [0.2, 0.25) is 0 Å². The van der Waals surface area contributed by atoms with Crippen molar-refractivity contribution >= 4 is 57.3 Å². The van der Waals surface area contributed by atoms with Crippen molar-refractivity contribution in [3.8, 4) is 11.5 Å². The Morgan fingerprint density at radius 3 is 2.49 bits per heavy atom. The van der Waals surface area contributed by atoms with Gasteiger partial charge in [-0.1, -0.05) is 24.3 Å². The summed E-state index contributed by atoms with van der Waals surface area (Å²) in [5, 5.41) is 10.6. The molecule has 1 heterocycles. The van der Waals surface area contributed by atoms with Crippen molar-refractivity contribution in [2.24, 2.45) is 0 Å². The Bertz CT molecular complexity index is 1390. The summed E-state index contributed by atoms with van der Waals surface area (Å²) >= 11 is 3.05. The summed E-state index contributed by atoms with van der Waals surface area (Å²) in [6, 6.07) is 17.4. The number of hydrogen-bond donors (Lipinski definition) is 0. The van der Waals surface area contributed by atoms with Gasteiger partial charge in [0.2, 0.25) is 0 Å². The van der Waals surface area contributed by atoms with E-state index in [1.54, 1.807) is 24.3 Å². The third-order valence-electron chi connectivity index (χ3n) is 5.62. The molecule has 10 heteroatoms. The summed E-state index contributed by atoms with van der Waals surface area (Å²) in [4.78, 5) is 37.7. The summed E-state index contributed by atoms with van der Waals surface area (Å²) in [6.07, 6.45) is 1.69. The molecule has 1 saturated heterocycles. The summed E-state index contributed by atoms with van der Waals surface area (Å²) in [5.41, 5.74) is 3.44. The van der Waals surface area contributed by atoms with Crippen LogP contribution in [0.1, 0.15) is 29.2 Å². The number of aryl methyl sites for hydroxylation is 1. The predicted molar refractivity (Wildman–Crippen MR) is 150 cm³/mol. The monoisotopic (exact) mass is 630 g/mol. The van der Waals surface area contributed by atoms with Crippen LogP contribution in [-0.2, 0) is 17.9 Å². The molecule has 0 atom stereocenters. The molecule has 0 aromatic heterocycles. The maximum atomic E-state index is 13.0. The topological polar surface area (TPSA) is 99.0 Å². The van der Waals surface area contributed by atoms with E-state index in [-0.39, 0.29) is 30.0 Å². The lowest BCUT2D eigenvalue weighted by atomic mass is 10.1. The molecular weight excluding hydrogens is 607 g/mol. The standard InChI is InChI=1S/C27H23IN2O6S/c1-3-35-23-13-19(12-22(28)25(23)36-16-18-8-10-21(11-9-18)30(33)34)14-24-26(31)29(27(32)37-24)15-20-7-5-4-6-17(20)2/h4-14H,3,15-16H2,1-2H3/b24-14-. The number of carbonyl (C=O) groups is 2. The van der Waals surface area contributed by atoms with Crippen LogP contribution in [-0.4, -0.2) is 27.6 Å². The van der Waals surface area contributed by atoms with Crippen LogP contribution in [0.4, 0.5) is 10.5 Å². The highest BCUT2D eigenvalue weighted by Crippen LogP contribution is 2.38. The van der Waals surface area contributed by atoms with Crippen LogP contribution in [0.3, 0.4) is 0 Å². The van der Waals surface area contributed by atoms with Gasteiger partial charge in [0, 0.05) is 12.1 Å². The van der Waals surface area contributed by atoms with E-state index in [4.69, 9.17) is 9.47 Å². The molecule has 0 bridgehead atoms. The average molecular weight is 630 g/mol. The molecule has 1 aliphatic heterocycles. The number of thioether (sulfide) groups is 1. The molecule has 0 unspecified atom stereocenters. The van der Waals surface area contributed by atoms with Gasteiger partial charge in [-0.25, -0.2) is 0 Å². The fourth-order valence-electron chi connectivity index (χ4n) is 3.69. The lowest BCUT2D eigenvalue weighted by molar-refractivity contribution is -0.384. The van der Waals surface area contributed by atoms with Crippen molar-refractivity contribution in [3.63, 3.8) is 0 Å². The molecule has 190 valence electrons. The van der Waals surface area contributed by atoms with E-state index >= 15 is 0 Å². The van der Waals surface area contributed by atoms with Crippen LogP contribution in [0.15, 0.2) is 65.6 Å². The minimum Gasteiger partial charge on any atom is -0.490 e. The zero-order valence-electron chi connectivity index (χ0n) is 20.1. The number of ether oxygens (including phenoxy) is 2. The Labute approximate surface area is 231 Å². The molecule has 37 heavy (non-hydrogen) atoms. The highest BCUT2D eigenvalue weighted by atomic mass is 127. The Hall–Kier alpha value is -3.38. The minimum atomic E-state index is -0.448. The first-order chi connectivity index (χ1) is 17.8. The lowest BCUT2D eigenvalue weighted by Gasteiger charge is -2.15. The van der Waals surface area contributed by atoms with Crippen LogP contribution in [0.5, 0.6) is 11.5 Å². The predicted octanol–water partition coefficient (Wildman–Crippen LogP) is 6.72. The van der Waals surface area contributed by atoms with Gasteiger partial charge < -0.3 is 9.47 Å². The zero-order valence-corrected chi connectivity index (χ0v) is 23.1. The van der Waals surface area contributed by atoms with Crippen LogP contribution < -0.4 is 9.47 Å². The molecule has 2 amide bonds. The van der Waals surface area contributed by atoms with Gasteiger partial charge in [0.25, 0.3) is 16.8 Å². The van der Waals surface area contributed by atoms with Gasteiger partial charge in [-0.2, -0.15) is 0 Å². The maximum Gasteiger partial charge on any atom is 0.293 e. The van der Waals surface area contributed by atoms with Crippen LogP contribution in [0, 0.1) is 20.6 Å². The number of nitro benzene ring substituents is 1. The second-order valence-corrected chi connectivity index (χ2v) is 10.3. The highest BCUT2D eigenvalue weighted by Gasteiger charge is 2.35. The van der Waals surface area contributed by atoms with E-state index in [1.807, 2.05) is 44.2 Å². The van der Waals surface area contributed by atoms with E-state index in [0.29, 0.717) is 28.6 Å². The van der Waals surface area contributed by atoms with Gasteiger partial charge in [0.15, 0.2) is 11.5 Å². The second-order valence-electron chi connectivity index (χ2n) is 8.17. The van der Waals surface area contributed by atoms with Crippen molar-refractivity contribution in [1.82, 2.24) is 4.90 Å². The van der Waals surface area contributed by atoms with Crippen molar-refractivity contribution in [2.45, 2.75) is 27.0 Å². The van der Waals surface area contributed by atoms with Crippen LogP contribution in [0.25, 0.3) is 6.08 Å². The molecule has 0 aliphatic carbocycles. The first kappa shape index (κ1) is 26.7. The van der Waals surface area contributed by atoms with E-state index in [2.05, 4.69) is 22.6 Å². The van der Waals surface area contributed by atoms with Crippen molar-refractivity contribution in [1.29, 1.82) is 0 Å². The smallest absolute Gasteiger partial charge is 0.293 e. The first-order valence-corrected chi connectivity index (χ1v) is 13.3. The molecule has 4 rings (SSSR count). The van der Waals surface area contributed by atoms with E-state index in [1.165, 1.54) is 17.0 Å². The molecule has 0 saturated carbocycles. The average Bonchev–Trinajstić information content (AvgIpc) is 3.12. The number of benzene rings is 3. The van der Waals surface area contributed by atoms with Gasteiger partial charge >= 0.3 is 0 Å². The van der Waals surface area contributed by atoms with Crippen molar-refractivity contribution in [2.75, 3.05) is 6.61 Å². The Balaban J connectivity index is 1.54. The van der Waals surface area contributed by atoms with Gasteiger partial charge in [0.1, 0.15) is 6.61 Å². The number of rotatable bonds is 9. The third-order valence-corrected chi connectivity index (χ3v) is 7.33. The molecule has 0 radical (unpaired) electrons. The highest BCUT2D eigenvalue weighted by molar-refractivity contribution is 14.1. The molecule has 1 aliphatic rings. The fraction of sp³-hybridized carbons (Fsp3) is 0.185. The quantitative estimate of drug-likeness (QED) is 0.112. The van der Waals surface area contributed by atoms with Crippen molar-refractivity contribution in [3.05, 3.63) is 102 Å². The van der Waals surface area contributed by atoms with Crippen molar-refractivity contribution < 1.29 is 24.0 Å². The number of non-ortho nitro benzene ring substituents is 1. The molecule has 0 N–H and O–H groups in total. The SMILES string of the molecule is CCOc1cc(/C=C2\SC(=O)N(Cc3ccccc3C)C2=O)cc(I)c1OCc1ccc([N+](=O)[O-])cc1. The summed E-state index contributed by atoms with van der Waals surface area (Å²) < 4.78 is 12.6. The Kier molecular flexibility index (Phi) is 8.49. The summed E-state index contributed by atoms with van der Waals surface area (Å²) in [7, 11) is 0. The molecular formula is C27H23IN2O6S. The molecule has 8 nitrogen and oxygen atoms in total. The van der Waals surface area contributed by atoms with Gasteiger partial charge in [-0.3, -0.25) is 24.6 Å². The number of imide groups is 1. The van der Waals surface area contributed by atoms with Gasteiger partial charge in [-0.15, -0.1) is 0 Å². The molecule has 0 spiro atoms. The zero-order chi connectivity index (χ0) is 26.5. The number of nitro groups is 1. The summed E-state index contributed by atoms with van der Waals surface area (Å²) in [5.74, 6) is 0.706. The third kappa shape index (κ3) is 6.31. The first-order valence-electron chi connectivity index (χ1n) is 11.4. The van der Waals surface area contributed by atoms with Gasteiger partial charge in [0.05, 0.1) is 26.6 Å². The Morgan fingerprint density at radius 2 is 1.81 bits per heavy atom. The fourth-order valence-corrected chi connectivity index (χ4v) is 5.31. The summed E-state index contributed by atoms with van der Waals surface area (Å²) in [6.45, 7) is 4.64. The number of hydrogen-bond acceptors (Lipinski definition) is 7. The number of amides is 2. The minimum absolute atomic E-state index is 0.0148. The van der Waals surface area contributed by atoms with Crippen LogP contribution >= 0.6 is 34.4 Å². The normalized spacial score (nSPS) is 14.4. The van der Waals surface area contributed by atoms with E-state index < -0.39 is 4.92 Å². The molecule has 3 aromatic rings. The van der Waals surface area contributed by atoms with E-state index in [9.17, 15) is 19.7 Å². The number of carbonyl (C=O) groups excluding carboxylic acids is 2. The second kappa shape index (κ2) is 11.8. The molecule has 1 fully saturated rings. The number of nitrogens with zero attached hydrogens (tertiary/aromatic N) is 2. The lowest BCUT2D eigenvalue weighted by Crippen LogP contribution is -2.27. The van der Waals surface area contributed by atoms with Gasteiger partial charge in [-0.05, 0) is 101 Å².